The summed E-state index contributed by atoms with van der Waals surface area (Å²) in [6.07, 6.45) is 1.94. The lowest BCUT2D eigenvalue weighted by molar-refractivity contribution is 0.297. The van der Waals surface area contributed by atoms with Gasteiger partial charge in [0, 0.05) is 16.7 Å². The lowest BCUT2D eigenvalue weighted by Gasteiger charge is -2.12. The zero-order valence-electron chi connectivity index (χ0n) is 20.1. The minimum Gasteiger partial charge on any atom is -0.491 e. The molecular weight excluding hydrogens is 468 g/mol. The van der Waals surface area contributed by atoms with Crippen LogP contribution in [-0.2, 0) is 13.0 Å². The van der Waals surface area contributed by atoms with Crippen molar-refractivity contribution in [2.24, 2.45) is 0 Å². The maximum Gasteiger partial charge on any atom is 0.201 e. The molecule has 0 saturated carbocycles. The van der Waals surface area contributed by atoms with Gasteiger partial charge in [0.1, 0.15) is 12.4 Å². The molecule has 0 saturated heterocycles. The van der Waals surface area contributed by atoms with Gasteiger partial charge in [0.05, 0.1) is 6.61 Å². The van der Waals surface area contributed by atoms with Crippen LogP contribution < -0.4 is 9.47 Å². The maximum absolute atomic E-state index is 14.8. The topological polar surface area (TPSA) is 18.5 Å². The Bertz CT molecular complexity index is 1330. The molecule has 2 nitrogen and oxygen atoms in total. The van der Waals surface area contributed by atoms with Gasteiger partial charge in [-0.05, 0) is 54.3 Å². The third kappa shape index (κ3) is 5.38. The molecule has 4 rings (SSSR count). The van der Waals surface area contributed by atoms with E-state index in [4.69, 9.17) is 9.47 Å². The fourth-order valence-electron chi connectivity index (χ4n) is 3.98. The monoisotopic (exact) mass is 494 g/mol. The highest BCUT2D eigenvalue weighted by Crippen LogP contribution is 2.32. The molecule has 0 fully saturated rings. The number of ether oxygens (including phenoxy) is 2. The Kier molecular flexibility index (Phi) is 7.93. The van der Waals surface area contributed by atoms with Crippen molar-refractivity contribution in [1.29, 1.82) is 0 Å². The molecule has 0 spiro atoms. The minimum atomic E-state index is -1.05. The Balaban J connectivity index is 1.46. The van der Waals surface area contributed by atoms with E-state index in [2.05, 4.69) is 6.92 Å². The van der Waals surface area contributed by atoms with E-state index in [1.165, 1.54) is 24.3 Å². The first kappa shape index (κ1) is 25.3. The van der Waals surface area contributed by atoms with Crippen molar-refractivity contribution >= 4 is 0 Å². The summed E-state index contributed by atoms with van der Waals surface area (Å²) in [6.45, 7) is 3.80. The molecule has 36 heavy (non-hydrogen) atoms. The first-order chi connectivity index (χ1) is 17.4. The van der Waals surface area contributed by atoms with Crippen LogP contribution in [-0.4, -0.2) is 6.61 Å². The summed E-state index contributed by atoms with van der Waals surface area (Å²) >= 11 is 0. The highest BCUT2D eigenvalue weighted by molar-refractivity contribution is 5.66. The standard InChI is InChI=1S/C30H26F4O2/c1-3-5-19-6-8-20(9-7-19)24-15-12-22(27(31)28(24)32)18-36-23-13-10-21(11-14-23)25-16-17-26(35-4-2)30(34)29(25)33/h6-17H,3-5,18H2,1-2H3. The average molecular weight is 495 g/mol. The highest BCUT2D eigenvalue weighted by atomic mass is 19.2. The van der Waals surface area contributed by atoms with Crippen LogP contribution in [0.2, 0.25) is 0 Å². The van der Waals surface area contributed by atoms with Crippen molar-refractivity contribution in [3.8, 4) is 33.8 Å². The number of rotatable bonds is 9. The quantitative estimate of drug-likeness (QED) is 0.217. The van der Waals surface area contributed by atoms with Gasteiger partial charge in [-0.1, -0.05) is 61.9 Å². The smallest absolute Gasteiger partial charge is 0.201 e. The summed E-state index contributed by atoms with van der Waals surface area (Å²) in [7, 11) is 0. The summed E-state index contributed by atoms with van der Waals surface area (Å²) in [5.74, 6) is -3.72. The maximum atomic E-state index is 14.8. The molecule has 0 aromatic heterocycles. The van der Waals surface area contributed by atoms with Crippen LogP contribution in [0.1, 0.15) is 31.4 Å². The Labute approximate surface area is 208 Å². The van der Waals surface area contributed by atoms with Gasteiger partial charge in [-0.25, -0.2) is 13.2 Å². The fourth-order valence-corrected chi connectivity index (χ4v) is 3.98. The van der Waals surface area contributed by atoms with Crippen LogP contribution in [0.4, 0.5) is 17.6 Å². The molecule has 6 heteroatoms. The minimum absolute atomic E-state index is 0.0718. The third-order valence-electron chi connectivity index (χ3n) is 5.87. The van der Waals surface area contributed by atoms with Crippen molar-refractivity contribution < 1.29 is 27.0 Å². The summed E-state index contributed by atoms with van der Waals surface area (Å²) in [5.41, 5.74) is 2.53. The Morgan fingerprint density at radius 2 is 1.17 bits per heavy atom. The molecule has 4 aromatic carbocycles. The van der Waals surface area contributed by atoms with Gasteiger partial charge in [0.2, 0.25) is 5.82 Å². The van der Waals surface area contributed by atoms with Gasteiger partial charge in [-0.3, -0.25) is 0 Å². The van der Waals surface area contributed by atoms with Crippen molar-refractivity contribution in [3.05, 3.63) is 107 Å². The summed E-state index contributed by atoms with van der Waals surface area (Å²) < 4.78 is 68.9. The number of hydrogen-bond donors (Lipinski definition) is 0. The van der Waals surface area contributed by atoms with Crippen LogP contribution in [0.25, 0.3) is 22.3 Å². The van der Waals surface area contributed by atoms with Gasteiger partial charge in [-0.2, -0.15) is 4.39 Å². The third-order valence-corrected chi connectivity index (χ3v) is 5.87. The van der Waals surface area contributed by atoms with Gasteiger partial charge in [-0.15, -0.1) is 0 Å². The summed E-state index contributed by atoms with van der Waals surface area (Å²) in [5, 5.41) is 0. The molecule has 4 aromatic rings. The molecule has 0 atom stereocenters. The SMILES string of the molecule is CCCc1ccc(-c2ccc(COc3ccc(-c4ccc(OCC)c(F)c4F)cc3)c(F)c2F)cc1. The lowest BCUT2D eigenvalue weighted by atomic mass is 10.0. The van der Waals surface area contributed by atoms with Crippen molar-refractivity contribution in [2.45, 2.75) is 33.3 Å². The molecular formula is C30H26F4O2. The Hall–Kier alpha value is -3.80. The van der Waals surface area contributed by atoms with Crippen molar-refractivity contribution in [3.63, 3.8) is 0 Å². The van der Waals surface area contributed by atoms with Gasteiger partial charge in [0.25, 0.3) is 0 Å². The second-order valence-corrected chi connectivity index (χ2v) is 8.33. The first-order valence-electron chi connectivity index (χ1n) is 11.8. The lowest BCUT2D eigenvalue weighted by Crippen LogP contribution is -2.02. The second-order valence-electron chi connectivity index (χ2n) is 8.33. The molecule has 0 aliphatic heterocycles. The van der Waals surface area contributed by atoms with E-state index >= 15 is 0 Å². The molecule has 0 heterocycles. The van der Waals surface area contributed by atoms with E-state index < -0.39 is 23.3 Å². The number of benzene rings is 4. The second kappa shape index (κ2) is 11.3. The Morgan fingerprint density at radius 3 is 1.78 bits per heavy atom. The predicted octanol–water partition coefficient (Wildman–Crippen LogP) is 8.51. The van der Waals surface area contributed by atoms with E-state index in [1.54, 1.807) is 43.3 Å². The Morgan fingerprint density at radius 1 is 0.583 bits per heavy atom. The number of aryl methyl sites for hydroxylation is 1. The normalized spacial score (nSPS) is 10.9. The van der Waals surface area contributed by atoms with Gasteiger partial charge >= 0.3 is 0 Å². The first-order valence-corrected chi connectivity index (χ1v) is 11.8. The van der Waals surface area contributed by atoms with Crippen LogP contribution >= 0.6 is 0 Å². The van der Waals surface area contributed by atoms with E-state index in [-0.39, 0.29) is 35.7 Å². The van der Waals surface area contributed by atoms with Crippen molar-refractivity contribution in [1.82, 2.24) is 0 Å². The van der Waals surface area contributed by atoms with E-state index in [9.17, 15) is 17.6 Å². The largest absolute Gasteiger partial charge is 0.491 e. The molecule has 0 N–H and O–H groups in total. The van der Waals surface area contributed by atoms with E-state index in [1.807, 2.05) is 12.1 Å². The summed E-state index contributed by atoms with van der Waals surface area (Å²) in [4.78, 5) is 0. The highest BCUT2D eigenvalue weighted by Gasteiger charge is 2.17. The summed E-state index contributed by atoms with van der Waals surface area (Å²) in [6, 6.07) is 19.5. The zero-order valence-corrected chi connectivity index (χ0v) is 20.1. The number of hydrogen-bond acceptors (Lipinski definition) is 2. The van der Waals surface area contributed by atoms with E-state index in [0.717, 1.165) is 18.4 Å². The molecule has 186 valence electrons. The zero-order chi connectivity index (χ0) is 25.7. The molecule has 0 amide bonds. The predicted molar refractivity (Wildman–Crippen MR) is 133 cm³/mol. The average Bonchev–Trinajstić information content (AvgIpc) is 2.89. The molecule has 0 aliphatic carbocycles. The molecule has 0 aliphatic rings. The van der Waals surface area contributed by atoms with E-state index in [0.29, 0.717) is 16.9 Å². The molecule has 0 bridgehead atoms. The fraction of sp³-hybridized carbons (Fsp3) is 0.200. The number of halogens is 4. The molecule has 0 radical (unpaired) electrons. The molecule has 0 unspecified atom stereocenters. The van der Waals surface area contributed by atoms with Crippen LogP contribution in [0.15, 0.2) is 72.8 Å². The van der Waals surface area contributed by atoms with Gasteiger partial charge < -0.3 is 9.47 Å². The van der Waals surface area contributed by atoms with Gasteiger partial charge in [0.15, 0.2) is 23.2 Å². The van der Waals surface area contributed by atoms with Crippen molar-refractivity contribution in [2.75, 3.05) is 6.61 Å². The van der Waals surface area contributed by atoms with Crippen LogP contribution in [0, 0.1) is 23.3 Å². The van der Waals surface area contributed by atoms with Crippen LogP contribution in [0.5, 0.6) is 11.5 Å². The van der Waals surface area contributed by atoms with Crippen LogP contribution in [0.3, 0.4) is 0 Å².